The van der Waals surface area contributed by atoms with Crippen molar-refractivity contribution in [2.75, 3.05) is 7.11 Å². The molecule has 3 unspecified atom stereocenters. The van der Waals surface area contributed by atoms with Crippen molar-refractivity contribution in [2.45, 2.75) is 11.7 Å². The van der Waals surface area contributed by atoms with Crippen molar-refractivity contribution in [1.29, 1.82) is 0 Å². The highest BCUT2D eigenvalue weighted by molar-refractivity contribution is 6.34. The Balaban J connectivity index is 2.15. The summed E-state index contributed by atoms with van der Waals surface area (Å²) in [7, 11) is 1.08. The number of fused-ring (bicyclic) bond motifs is 2. The number of aromatic hydroxyl groups is 1. The number of ether oxygens (including phenoxy) is 2. The Bertz CT molecular complexity index is 682. The Morgan fingerprint density at radius 2 is 2.19 bits per heavy atom. The zero-order valence-corrected chi connectivity index (χ0v) is 11.6. The molecule has 1 aromatic carbocycles. The number of halogens is 1. The van der Waals surface area contributed by atoms with Gasteiger partial charge in [0.15, 0.2) is 5.78 Å². The van der Waals surface area contributed by atoms with Crippen LogP contribution in [-0.4, -0.2) is 40.8 Å². The van der Waals surface area contributed by atoms with E-state index in [1.165, 1.54) is 24.3 Å². The van der Waals surface area contributed by atoms with Crippen LogP contribution in [-0.2, 0) is 9.53 Å². The highest BCUT2D eigenvalue weighted by atomic mass is 35.5. The van der Waals surface area contributed by atoms with Crippen LogP contribution in [0.25, 0.3) is 0 Å². The summed E-state index contributed by atoms with van der Waals surface area (Å²) < 4.78 is 10.1. The first-order valence-electron chi connectivity index (χ1n) is 6.12. The third kappa shape index (κ3) is 1.69. The smallest absolute Gasteiger partial charge is 0.344 e. The number of ketones is 1. The van der Waals surface area contributed by atoms with Gasteiger partial charge in [0.2, 0.25) is 5.60 Å². The lowest BCUT2D eigenvalue weighted by Crippen LogP contribution is -2.53. The van der Waals surface area contributed by atoms with Crippen molar-refractivity contribution in [1.82, 2.24) is 0 Å². The molecule has 1 aliphatic carbocycles. The van der Waals surface area contributed by atoms with Gasteiger partial charge in [-0.1, -0.05) is 17.7 Å². The van der Waals surface area contributed by atoms with E-state index in [9.17, 15) is 19.8 Å². The second-order valence-corrected chi connectivity index (χ2v) is 5.25. The zero-order chi connectivity index (χ0) is 15.4. The molecule has 3 rings (SSSR count). The summed E-state index contributed by atoms with van der Waals surface area (Å²) in [6, 6.07) is 4.36. The molecule has 1 aliphatic heterocycles. The second kappa shape index (κ2) is 4.47. The fourth-order valence-electron chi connectivity index (χ4n) is 2.74. The number of carbonyl (C=O) groups excluding carboxylic acids is 2. The number of esters is 1. The molecule has 3 atom stereocenters. The number of hydrogen-bond donors (Lipinski definition) is 2. The van der Waals surface area contributed by atoms with Gasteiger partial charge in [0.05, 0.1) is 12.1 Å². The average molecular weight is 311 g/mol. The maximum atomic E-state index is 12.6. The Morgan fingerprint density at radius 3 is 2.86 bits per heavy atom. The summed E-state index contributed by atoms with van der Waals surface area (Å²) in [5.41, 5.74) is -2.39. The van der Waals surface area contributed by atoms with Crippen molar-refractivity contribution < 1.29 is 29.3 Å². The van der Waals surface area contributed by atoms with Gasteiger partial charge in [0.1, 0.15) is 29.1 Å². The minimum absolute atomic E-state index is 0.0826. The Labute approximate surface area is 124 Å². The molecule has 0 radical (unpaired) electrons. The summed E-state index contributed by atoms with van der Waals surface area (Å²) in [5.74, 6) is -3.08. The fourth-order valence-corrected chi connectivity index (χ4v) is 3.06. The number of rotatable bonds is 1. The Morgan fingerprint density at radius 1 is 1.48 bits per heavy atom. The number of methoxy groups -OCH3 is 1. The fraction of sp³-hybridized carbons (Fsp3) is 0.286. The van der Waals surface area contributed by atoms with Crippen LogP contribution in [0.5, 0.6) is 11.5 Å². The molecule has 0 saturated carbocycles. The summed E-state index contributed by atoms with van der Waals surface area (Å²) in [4.78, 5) is 24.5. The average Bonchev–Trinajstić information content (AvgIpc) is 2.70. The minimum Gasteiger partial charge on any atom is -0.507 e. The summed E-state index contributed by atoms with van der Waals surface area (Å²) in [5, 5.41) is 20.2. The van der Waals surface area contributed by atoms with Crippen LogP contribution in [0.4, 0.5) is 0 Å². The minimum atomic E-state index is -2.31. The number of benzene rings is 1. The van der Waals surface area contributed by atoms with Crippen LogP contribution in [0, 0.1) is 5.92 Å². The lowest BCUT2D eigenvalue weighted by atomic mass is 9.80. The van der Waals surface area contributed by atoms with Gasteiger partial charge >= 0.3 is 5.97 Å². The molecule has 1 aromatic rings. The Kier molecular flexibility index (Phi) is 2.96. The monoisotopic (exact) mass is 310 g/mol. The van der Waals surface area contributed by atoms with Gasteiger partial charge in [-0.05, 0) is 18.2 Å². The number of carbonyl (C=O) groups is 2. The second-order valence-electron chi connectivity index (χ2n) is 4.85. The van der Waals surface area contributed by atoms with E-state index in [0.29, 0.717) is 0 Å². The predicted octanol–water partition coefficient (Wildman–Crippen LogP) is 0.992. The summed E-state index contributed by atoms with van der Waals surface area (Å²) >= 11 is 5.93. The van der Waals surface area contributed by atoms with E-state index >= 15 is 0 Å². The third-order valence-electron chi connectivity index (χ3n) is 3.75. The van der Waals surface area contributed by atoms with E-state index in [-0.39, 0.29) is 22.1 Å². The zero-order valence-electron chi connectivity index (χ0n) is 10.9. The maximum absolute atomic E-state index is 12.6. The lowest BCUT2D eigenvalue weighted by molar-refractivity contribution is -0.162. The molecule has 0 amide bonds. The molecule has 110 valence electrons. The van der Waals surface area contributed by atoms with Crippen molar-refractivity contribution in [3.05, 3.63) is 34.9 Å². The summed E-state index contributed by atoms with van der Waals surface area (Å²) in [6.07, 6.45) is 0.400. The molecule has 2 N–H and O–H groups in total. The summed E-state index contributed by atoms with van der Waals surface area (Å²) in [6.45, 7) is 0. The van der Waals surface area contributed by atoms with Crippen LogP contribution in [0.1, 0.15) is 10.4 Å². The van der Waals surface area contributed by atoms with E-state index in [4.69, 9.17) is 16.3 Å². The molecule has 2 aliphatic rings. The van der Waals surface area contributed by atoms with Gasteiger partial charge in [0.25, 0.3) is 0 Å². The molecular formula is C14H11ClO6. The predicted molar refractivity (Wildman–Crippen MR) is 71.2 cm³/mol. The van der Waals surface area contributed by atoms with E-state index in [1.807, 2.05) is 0 Å². The van der Waals surface area contributed by atoms with Crippen LogP contribution in [0.15, 0.2) is 29.3 Å². The SMILES string of the molecule is COC(=O)C1(O)C(Cl)=CC2Oc3cccc(O)c3C(=O)C21. The lowest BCUT2D eigenvalue weighted by Gasteiger charge is -2.34. The maximum Gasteiger partial charge on any atom is 0.344 e. The first-order valence-corrected chi connectivity index (χ1v) is 6.50. The van der Waals surface area contributed by atoms with Crippen LogP contribution >= 0.6 is 11.6 Å². The van der Waals surface area contributed by atoms with Gasteiger partial charge in [-0.25, -0.2) is 4.79 Å². The van der Waals surface area contributed by atoms with E-state index in [2.05, 4.69) is 4.74 Å². The van der Waals surface area contributed by atoms with Crippen LogP contribution < -0.4 is 4.74 Å². The highest BCUT2D eigenvalue weighted by Gasteiger charge is 2.61. The Hall–Kier alpha value is -2.05. The molecular weight excluding hydrogens is 300 g/mol. The standard InChI is InChI=1S/C14H11ClO6/c1-20-13(18)14(19)9(15)5-8-11(14)12(17)10-6(16)3-2-4-7(10)21-8/h2-5,8,11,16,19H,1H3. The molecule has 0 aromatic heterocycles. The first kappa shape index (κ1) is 13.9. The van der Waals surface area contributed by atoms with E-state index in [0.717, 1.165) is 7.11 Å². The van der Waals surface area contributed by atoms with Crippen LogP contribution in [0.3, 0.4) is 0 Å². The molecule has 0 saturated heterocycles. The normalized spacial score (nSPS) is 30.0. The molecule has 21 heavy (non-hydrogen) atoms. The molecule has 0 spiro atoms. The molecule has 7 heteroatoms. The number of aliphatic hydroxyl groups is 1. The molecule has 0 fully saturated rings. The number of hydrogen-bond acceptors (Lipinski definition) is 6. The van der Waals surface area contributed by atoms with Gasteiger partial charge < -0.3 is 19.7 Å². The van der Waals surface area contributed by atoms with Crippen molar-refractivity contribution in [2.24, 2.45) is 5.92 Å². The molecule has 1 heterocycles. The van der Waals surface area contributed by atoms with Crippen molar-refractivity contribution >= 4 is 23.4 Å². The van der Waals surface area contributed by atoms with Crippen molar-refractivity contribution in [3.8, 4) is 11.5 Å². The molecule has 0 bridgehead atoms. The van der Waals surface area contributed by atoms with Gasteiger partial charge in [0, 0.05) is 0 Å². The van der Waals surface area contributed by atoms with Crippen molar-refractivity contribution in [3.63, 3.8) is 0 Å². The molecule has 6 nitrogen and oxygen atoms in total. The topological polar surface area (TPSA) is 93.1 Å². The van der Waals surface area contributed by atoms with Crippen LogP contribution in [0.2, 0.25) is 0 Å². The van der Waals surface area contributed by atoms with E-state index < -0.39 is 29.4 Å². The largest absolute Gasteiger partial charge is 0.507 e. The highest BCUT2D eigenvalue weighted by Crippen LogP contribution is 2.48. The quantitative estimate of drug-likeness (QED) is 0.752. The first-order chi connectivity index (χ1) is 9.91. The van der Waals surface area contributed by atoms with Gasteiger partial charge in [-0.3, -0.25) is 4.79 Å². The number of phenols is 1. The van der Waals surface area contributed by atoms with Gasteiger partial charge in [-0.2, -0.15) is 0 Å². The number of Topliss-reactive ketones (excluding diaryl/α,β-unsaturated/α-hetero) is 1. The van der Waals surface area contributed by atoms with E-state index in [1.54, 1.807) is 0 Å². The third-order valence-corrected chi connectivity index (χ3v) is 4.16. The number of phenolic OH excluding ortho intramolecular Hbond substituents is 1. The van der Waals surface area contributed by atoms with Gasteiger partial charge in [-0.15, -0.1) is 0 Å².